The van der Waals surface area contributed by atoms with Crippen molar-refractivity contribution in [3.8, 4) is 0 Å². The van der Waals surface area contributed by atoms with Crippen molar-refractivity contribution < 1.29 is 13.3 Å². The van der Waals surface area contributed by atoms with Gasteiger partial charge in [-0.2, -0.15) is 4.31 Å². The molecule has 1 aromatic rings. The molecular formula is C13H17BrN2O4S. The number of hydrogen-bond acceptors (Lipinski definition) is 4. The normalized spacial score (nSPS) is 19.8. The van der Waals surface area contributed by atoms with Crippen molar-refractivity contribution in [2.45, 2.75) is 31.1 Å². The standard InChI is InChI=1S/C13H17BrN2O4S/c1-2-3-10-6-7-15(9-10)21(19,20)13-8-11(14)4-5-12(13)16(17)18/h4-5,8,10H,2-3,6-7,9H2,1H3. The molecule has 1 aromatic carbocycles. The molecule has 1 aliphatic heterocycles. The minimum absolute atomic E-state index is 0.237. The summed E-state index contributed by atoms with van der Waals surface area (Å²) in [6, 6.07) is 4.00. The second-order valence-electron chi connectivity index (χ2n) is 5.18. The molecule has 0 aromatic heterocycles. The number of sulfonamides is 1. The van der Waals surface area contributed by atoms with Crippen molar-refractivity contribution in [3.05, 3.63) is 32.8 Å². The molecule has 1 unspecified atom stereocenters. The van der Waals surface area contributed by atoms with Crippen LogP contribution >= 0.6 is 15.9 Å². The molecule has 2 rings (SSSR count). The molecule has 1 saturated heterocycles. The van der Waals surface area contributed by atoms with Gasteiger partial charge in [-0.25, -0.2) is 8.42 Å². The third-order valence-corrected chi connectivity index (χ3v) is 6.07. The Kier molecular flexibility index (Phi) is 5.00. The van der Waals surface area contributed by atoms with E-state index in [1.54, 1.807) is 0 Å². The van der Waals surface area contributed by atoms with Gasteiger partial charge in [0.15, 0.2) is 4.90 Å². The number of benzene rings is 1. The molecule has 0 amide bonds. The number of halogens is 1. The van der Waals surface area contributed by atoms with Crippen molar-refractivity contribution in [1.29, 1.82) is 0 Å². The summed E-state index contributed by atoms with van der Waals surface area (Å²) in [7, 11) is -3.83. The van der Waals surface area contributed by atoms with E-state index in [0.717, 1.165) is 19.3 Å². The summed E-state index contributed by atoms with van der Waals surface area (Å²) in [5.41, 5.74) is -0.378. The quantitative estimate of drug-likeness (QED) is 0.583. The van der Waals surface area contributed by atoms with Crippen molar-refractivity contribution in [1.82, 2.24) is 4.31 Å². The highest BCUT2D eigenvalue weighted by molar-refractivity contribution is 9.10. The number of rotatable bonds is 5. The van der Waals surface area contributed by atoms with Crippen LogP contribution in [-0.2, 0) is 10.0 Å². The Morgan fingerprint density at radius 3 is 2.81 bits per heavy atom. The molecular weight excluding hydrogens is 360 g/mol. The second kappa shape index (κ2) is 6.41. The highest BCUT2D eigenvalue weighted by Crippen LogP contribution is 2.33. The molecule has 0 aliphatic carbocycles. The molecule has 0 N–H and O–H groups in total. The van der Waals surface area contributed by atoms with E-state index in [-0.39, 0.29) is 10.6 Å². The minimum Gasteiger partial charge on any atom is -0.258 e. The predicted octanol–water partition coefficient (Wildman–Crippen LogP) is 3.17. The SMILES string of the molecule is CCCC1CCN(S(=O)(=O)c2cc(Br)ccc2[N+](=O)[O-])C1. The van der Waals surface area contributed by atoms with Gasteiger partial charge in [-0.15, -0.1) is 0 Å². The minimum atomic E-state index is -3.83. The van der Waals surface area contributed by atoms with Gasteiger partial charge in [-0.3, -0.25) is 10.1 Å². The number of hydrogen-bond donors (Lipinski definition) is 0. The van der Waals surface area contributed by atoms with Gasteiger partial charge in [0, 0.05) is 23.6 Å². The van der Waals surface area contributed by atoms with Crippen LogP contribution in [-0.4, -0.2) is 30.7 Å². The zero-order chi connectivity index (χ0) is 15.6. The zero-order valence-electron chi connectivity index (χ0n) is 11.7. The van der Waals surface area contributed by atoms with Crippen molar-refractivity contribution >= 4 is 31.6 Å². The lowest BCUT2D eigenvalue weighted by Crippen LogP contribution is -2.29. The lowest BCUT2D eigenvalue weighted by Gasteiger charge is -2.16. The fourth-order valence-electron chi connectivity index (χ4n) is 2.64. The van der Waals surface area contributed by atoms with Gasteiger partial charge < -0.3 is 0 Å². The van der Waals surface area contributed by atoms with Crippen LogP contribution in [0.3, 0.4) is 0 Å². The van der Waals surface area contributed by atoms with Crippen LogP contribution in [0.15, 0.2) is 27.6 Å². The number of nitro groups is 1. The molecule has 1 atom stereocenters. The van der Waals surface area contributed by atoms with E-state index in [2.05, 4.69) is 22.9 Å². The second-order valence-corrected chi connectivity index (χ2v) is 8.00. The first kappa shape index (κ1) is 16.4. The monoisotopic (exact) mass is 376 g/mol. The summed E-state index contributed by atoms with van der Waals surface area (Å²) in [6.45, 7) is 2.94. The first-order valence-corrected chi connectivity index (χ1v) is 9.03. The van der Waals surface area contributed by atoms with Gasteiger partial charge in [0.1, 0.15) is 0 Å². The Morgan fingerprint density at radius 2 is 2.19 bits per heavy atom. The lowest BCUT2D eigenvalue weighted by atomic mass is 10.0. The van der Waals surface area contributed by atoms with Gasteiger partial charge >= 0.3 is 0 Å². The van der Waals surface area contributed by atoms with E-state index < -0.39 is 14.9 Å². The maximum absolute atomic E-state index is 12.7. The molecule has 0 radical (unpaired) electrons. The third-order valence-electron chi connectivity index (χ3n) is 3.68. The molecule has 1 aliphatic rings. The van der Waals surface area contributed by atoms with E-state index >= 15 is 0 Å². The highest BCUT2D eigenvalue weighted by Gasteiger charge is 2.36. The van der Waals surface area contributed by atoms with Crippen molar-refractivity contribution in [3.63, 3.8) is 0 Å². The Labute approximate surface area is 132 Å². The van der Waals surface area contributed by atoms with Crippen LogP contribution in [0.25, 0.3) is 0 Å². The fraction of sp³-hybridized carbons (Fsp3) is 0.538. The van der Waals surface area contributed by atoms with Crippen LogP contribution in [0, 0.1) is 16.0 Å². The summed E-state index contributed by atoms with van der Waals surface area (Å²) < 4.78 is 27.2. The summed E-state index contributed by atoms with van der Waals surface area (Å²) in [5.74, 6) is 0.344. The van der Waals surface area contributed by atoms with Gasteiger partial charge in [-0.05, 0) is 30.9 Å². The molecule has 8 heteroatoms. The van der Waals surface area contributed by atoms with E-state index in [4.69, 9.17) is 0 Å². The maximum Gasteiger partial charge on any atom is 0.289 e. The van der Waals surface area contributed by atoms with Gasteiger partial charge in [-0.1, -0.05) is 29.3 Å². The van der Waals surface area contributed by atoms with Crippen molar-refractivity contribution in [2.75, 3.05) is 13.1 Å². The maximum atomic E-state index is 12.7. The summed E-state index contributed by atoms with van der Waals surface area (Å²) >= 11 is 3.18. The van der Waals surface area contributed by atoms with E-state index in [9.17, 15) is 18.5 Å². The largest absolute Gasteiger partial charge is 0.289 e. The highest BCUT2D eigenvalue weighted by atomic mass is 79.9. The molecule has 1 fully saturated rings. The summed E-state index contributed by atoms with van der Waals surface area (Å²) in [6.07, 6.45) is 2.80. The lowest BCUT2D eigenvalue weighted by molar-refractivity contribution is -0.387. The Balaban J connectivity index is 2.36. The van der Waals surface area contributed by atoms with Crippen LogP contribution in [0.5, 0.6) is 0 Å². The predicted molar refractivity (Wildman–Crippen MR) is 82.6 cm³/mol. The van der Waals surface area contributed by atoms with Gasteiger partial charge in [0.25, 0.3) is 5.69 Å². The first-order valence-electron chi connectivity index (χ1n) is 6.80. The molecule has 116 valence electrons. The fourth-order valence-corrected chi connectivity index (χ4v) is 4.87. The van der Waals surface area contributed by atoms with Crippen LogP contribution in [0.2, 0.25) is 0 Å². The molecule has 0 bridgehead atoms. The van der Waals surface area contributed by atoms with E-state index in [1.807, 2.05) is 0 Å². The summed E-state index contributed by atoms with van der Waals surface area (Å²) in [4.78, 5) is 10.2. The molecule has 6 nitrogen and oxygen atoms in total. The van der Waals surface area contributed by atoms with Crippen molar-refractivity contribution in [2.24, 2.45) is 5.92 Å². The van der Waals surface area contributed by atoms with E-state index in [0.29, 0.717) is 23.5 Å². The van der Waals surface area contributed by atoms with Crippen LogP contribution in [0.4, 0.5) is 5.69 Å². The topological polar surface area (TPSA) is 80.5 Å². The Bertz CT molecular complexity index is 648. The van der Waals surface area contributed by atoms with Gasteiger partial charge in [0.2, 0.25) is 10.0 Å². The smallest absolute Gasteiger partial charge is 0.258 e. The zero-order valence-corrected chi connectivity index (χ0v) is 14.1. The van der Waals surface area contributed by atoms with Crippen LogP contribution in [0.1, 0.15) is 26.2 Å². The number of nitro benzene ring substituents is 1. The third kappa shape index (κ3) is 3.44. The average Bonchev–Trinajstić information content (AvgIpc) is 2.88. The van der Waals surface area contributed by atoms with Crippen LogP contribution < -0.4 is 0 Å². The summed E-state index contributed by atoms with van der Waals surface area (Å²) in [5, 5.41) is 11.1. The first-order chi connectivity index (χ1) is 9.86. The Morgan fingerprint density at radius 1 is 1.48 bits per heavy atom. The molecule has 0 saturated carbocycles. The number of nitrogens with zero attached hydrogens (tertiary/aromatic N) is 2. The van der Waals surface area contributed by atoms with E-state index in [1.165, 1.54) is 22.5 Å². The molecule has 1 heterocycles. The van der Waals surface area contributed by atoms with Gasteiger partial charge in [0.05, 0.1) is 4.92 Å². The Hall–Kier alpha value is -0.990. The molecule has 0 spiro atoms. The average molecular weight is 377 g/mol. The molecule has 21 heavy (non-hydrogen) atoms.